The Morgan fingerprint density at radius 3 is 2.63 bits per heavy atom. The average molecular weight is 484 g/mol. The molecule has 2 aliphatic rings. The number of allylic oxidation sites excluding steroid dienone is 1. The Kier molecular flexibility index (Phi) is 6.11. The molecule has 2 aliphatic carbocycles. The molecule has 184 valence electrons. The van der Waals surface area contributed by atoms with Gasteiger partial charge in [0.25, 0.3) is 0 Å². The Morgan fingerprint density at radius 2 is 1.91 bits per heavy atom. The predicted octanol–water partition coefficient (Wildman–Crippen LogP) is 6.96. The van der Waals surface area contributed by atoms with E-state index < -0.39 is 17.7 Å². The van der Waals surface area contributed by atoms with Gasteiger partial charge in [0, 0.05) is 29.2 Å². The summed E-state index contributed by atoms with van der Waals surface area (Å²) in [6.07, 6.45) is 1.89. The summed E-state index contributed by atoms with van der Waals surface area (Å²) in [4.78, 5) is 12.2. The van der Waals surface area contributed by atoms with Gasteiger partial charge in [-0.3, -0.25) is 0 Å². The van der Waals surface area contributed by atoms with Crippen LogP contribution < -0.4 is 0 Å². The number of esters is 1. The summed E-state index contributed by atoms with van der Waals surface area (Å²) in [7, 11) is 0. The Labute approximate surface area is 202 Å². The van der Waals surface area contributed by atoms with Crippen LogP contribution in [0.25, 0.3) is 16.5 Å². The van der Waals surface area contributed by atoms with E-state index in [1.165, 1.54) is 12.1 Å². The first-order chi connectivity index (χ1) is 16.8. The van der Waals surface area contributed by atoms with Gasteiger partial charge in [-0.25, -0.2) is 4.79 Å². The highest BCUT2D eigenvalue weighted by molar-refractivity contribution is 5.98. The number of carbonyl (C=O) groups is 1. The minimum atomic E-state index is -4.42. The molecule has 1 N–H and O–H groups in total. The molecule has 3 aromatic rings. The van der Waals surface area contributed by atoms with Gasteiger partial charge in [-0.05, 0) is 85.1 Å². The van der Waals surface area contributed by atoms with Crippen molar-refractivity contribution in [1.29, 1.82) is 0 Å². The fraction of sp³-hybridized carbons (Fsp3) is 0.393. The maximum Gasteiger partial charge on any atom is 0.416 e. The summed E-state index contributed by atoms with van der Waals surface area (Å²) in [5, 5.41) is 10.9. The highest BCUT2D eigenvalue weighted by Gasteiger charge is 2.36. The van der Waals surface area contributed by atoms with Gasteiger partial charge in [0.1, 0.15) is 5.75 Å². The smallest absolute Gasteiger partial charge is 0.416 e. The van der Waals surface area contributed by atoms with E-state index in [0.717, 1.165) is 53.4 Å². The molecule has 1 heterocycles. The third-order valence-electron chi connectivity index (χ3n) is 7.24. The second-order valence-electron chi connectivity index (χ2n) is 9.44. The summed E-state index contributed by atoms with van der Waals surface area (Å²) >= 11 is 0. The minimum Gasteiger partial charge on any atom is -0.508 e. The fourth-order valence-electron chi connectivity index (χ4n) is 5.76. The van der Waals surface area contributed by atoms with Crippen molar-refractivity contribution >= 4 is 22.4 Å². The highest BCUT2D eigenvalue weighted by Crippen LogP contribution is 2.44. The summed E-state index contributed by atoms with van der Waals surface area (Å²) in [5.41, 5.74) is 3.83. The largest absolute Gasteiger partial charge is 0.508 e. The zero-order chi connectivity index (χ0) is 24.7. The number of phenols is 1. The summed E-state index contributed by atoms with van der Waals surface area (Å²) < 4.78 is 49.2. The number of alkyl halides is 3. The number of halogens is 3. The summed E-state index contributed by atoms with van der Waals surface area (Å²) in [6, 6.07) is 9.78. The molecule has 1 saturated carbocycles. The lowest BCUT2D eigenvalue weighted by molar-refractivity contribution is -0.138. The van der Waals surface area contributed by atoms with Crippen LogP contribution in [0.5, 0.6) is 5.75 Å². The number of aromatic hydroxyl groups is 1. The van der Waals surface area contributed by atoms with Crippen LogP contribution >= 0.6 is 0 Å². The molecule has 7 heteroatoms. The number of aromatic nitrogens is 1. The van der Waals surface area contributed by atoms with Crippen molar-refractivity contribution in [1.82, 2.24) is 4.57 Å². The molecule has 1 fully saturated rings. The number of rotatable bonds is 5. The zero-order valence-corrected chi connectivity index (χ0v) is 19.6. The van der Waals surface area contributed by atoms with Crippen molar-refractivity contribution in [3.05, 3.63) is 70.4 Å². The normalized spacial score (nSPS) is 17.4. The monoisotopic (exact) mass is 483 g/mol. The molecule has 0 atom stereocenters. The molecule has 0 bridgehead atoms. The van der Waals surface area contributed by atoms with Crippen molar-refractivity contribution in [2.24, 2.45) is 0 Å². The molecule has 0 radical (unpaired) electrons. The number of benzene rings is 2. The molecular formula is C28H28F3NO3. The number of aryl methyl sites for hydroxylation is 1. The van der Waals surface area contributed by atoms with Gasteiger partial charge in [-0.15, -0.1) is 0 Å². The van der Waals surface area contributed by atoms with Crippen LogP contribution in [0.4, 0.5) is 13.2 Å². The molecule has 0 spiro atoms. The van der Waals surface area contributed by atoms with Crippen LogP contribution in [0.1, 0.15) is 72.9 Å². The van der Waals surface area contributed by atoms with E-state index in [2.05, 4.69) is 0 Å². The van der Waals surface area contributed by atoms with Crippen LogP contribution in [-0.4, -0.2) is 22.2 Å². The summed E-state index contributed by atoms with van der Waals surface area (Å²) in [5.74, 6) is -0.352. The first kappa shape index (κ1) is 23.5. The van der Waals surface area contributed by atoms with Crippen molar-refractivity contribution < 1.29 is 27.8 Å². The molecule has 0 saturated heterocycles. The number of hydrogen-bond donors (Lipinski definition) is 1. The van der Waals surface area contributed by atoms with E-state index in [-0.39, 0.29) is 24.8 Å². The van der Waals surface area contributed by atoms with Gasteiger partial charge < -0.3 is 14.4 Å². The lowest BCUT2D eigenvalue weighted by Gasteiger charge is -2.20. The lowest BCUT2D eigenvalue weighted by atomic mass is 9.91. The van der Waals surface area contributed by atoms with Crippen molar-refractivity contribution in [3.63, 3.8) is 0 Å². The number of nitrogens with zero attached hydrogens (tertiary/aromatic N) is 1. The zero-order valence-electron chi connectivity index (χ0n) is 19.6. The van der Waals surface area contributed by atoms with Gasteiger partial charge >= 0.3 is 12.1 Å². The average Bonchev–Trinajstić information content (AvgIpc) is 3.53. The molecule has 35 heavy (non-hydrogen) atoms. The van der Waals surface area contributed by atoms with Crippen LogP contribution in [0, 0.1) is 0 Å². The van der Waals surface area contributed by atoms with Crippen molar-refractivity contribution in [2.75, 3.05) is 6.61 Å². The van der Waals surface area contributed by atoms with Gasteiger partial charge in [0.05, 0.1) is 12.2 Å². The Hall–Kier alpha value is -3.22. The van der Waals surface area contributed by atoms with Crippen LogP contribution in [-0.2, 0) is 28.7 Å². The molecular weight excluding hydrogens is 455 g/mol. The van der Waals surface area contributed by atoms with E-state index >= 15 is 0 Å². The van der Waals surface area contributed by atoms with Crippen LogP contribution in [0.3, 0.4) is 0 Å². The van der Waals surface area contributed by atoms with Gasteiger partial charge in [0.2, 0.25) is 0 Å². The van der Waals surface area contributed by atoms with E-state index in [0.29, 0.717) is 24.0 Å². The summed E-state index contributed by atoms with van der Waals surface area (Å²) in [6.45, 7) is 2.23. The number of fused-ring (bicyclic) bond motifs is 3. The molecule has 0 unspecified atom stereocenters. The Balaban J connectivity index is 1.61. The van der Waals surface area contributed by atoms with Crippen LogP contribution in [0.15, 0.2) is 42.5 Å². The molecule has 0 amide bonds. The molecule has 5 rings (SSSR count). The molecule has 0 aliphatic heterocycles. The molecule has 4 nitrogen and oxygen atoms in total. The maximum atomic E-state index is 14.1. The second-order valence-corrected chi connectivity index (χ2v) is 9.44. The standard InChI is InChI=1S/C28H28F3NO3/c1-2-35-26(34)14-19-8-11-22-23-15-20(33)9-12-25(23)32(27(19)22)16-17-7-10-21(18-5-3-4-6-18)24(13-17)28(29,30)31/h7,9-10,12-15,18,33H,2-6,8,11,16H2,1H3. The third-order valence-corrected chi connectivity index (χ3v) is 7.24. The first-order valence-electron chi connectivity index (χ1n) is 12.2. The predicted molar refractivity (Wildman–Crippen MR) is 128 cm³/mol. The van der Waals surface area contributed by atoms with Crippen LogP contribution in [0.2, 0.25) is 0 Å². The molecule has 1 aromatic heterocycles. The lowest BCUT2D eigenvalue weighted by Crippen LogP contribution is -2.13. The fourth-order valence-corrected chi connectivity index (χ4v) is 5.76. The Morgan fingerprint density at radius 1 is 1.14 bits per heavy atom. The number of carbonyl (C=O) groups excluding carboxylic acids is 1. The minimum absolute atomic E-state index is 0.0422. The number of ether oxygens (including phenoxy) is 1. The van der Waals surface area contributed by atoms with Gasteiger partial charge in [-0.1, -0.05) is 25.0 Å². The van der Waals surface area contributed by atoms with E-state index in [1.54, 1.807) is 37.3 Å². The first-order valence-corrected chi connectivity index (χ1v) is 12.2. The van der Waals surface area contributed by atoms with Crippen molar-refractivity contribution in [3.8, 4) is 5.75 Å². The second kappa shape index (κ2) is 9.10. The van der Waals surface area contributed by atoms with E-state index in [9.17, 15) is 23.1 Å². The third kappa shape index (κ3) is 4.44. The van der Waals surface area contributed by atoms with Gasteiger partial charge in [-0.2, -0.15) is 13.2 Å². The number of hydrogen-bond acceptors (Lipinski definition) is 3. The topological polar surface area (TPSA) is 51.5 Å². The number of phenolic OH excluding ortho intramolecular Hbond substituents is 1. The Bertz CT molecular complexity index is 1310. The van der Waals surface area contributed by atoms with Gasteiger partial charge in [0.15, 0.2) is 0 Å². The highest BCUT2D eigenvalue weighted by atomic mass is 19.4. The molecule has 2 aromatic carbocycles. The van der Waals surface area contributed by atoms with Crippen molar-refractivity contribution in [2.45, 2.75) is 64.1 Å². The van der Waals surface area contributed by atoms with E-state index in [1.807, 2.05) is 4.57 Å². The quantitative estimate of drug-likeness (QED) is 0.315. The van der Waals surface area contributed by atoms with E-state index in [4.69, 9.17) is 4.74 Å². The maximum absolute atomic E-state index is 14.1. The SMILES string of the molecule is CCOC(=O)C=C1CCc2c1n(Cc1ccc(C3CCCC3)c(C(F)(F)F)c1)c1ccc(O)cc21.